The molecule has 10 heteroatoms. The molecule has 2 fully saturated rings. The highest BCUT2D eigenvalue weighted by Gasteiger charge is 2.48. The summed E-state index contributed by atoms with van der Waals surface area (Å²) in [5, 5.41) is 18.1. The molecule has 0 aromatic heterocycles. The summed E-state index contributed by atoms with van der Waals surface area (Å²) in [6.45, 7) is 1.71. The maximum atomic E-state index is 13.2. The smallest absolute Gasteiger partial charge is 0.335 e. The molecule has 2 aliphatic rings. The van der Waals surface area contributed by atoms with E-state index in [1.165, 1.54) is 36.4 Å². The molecule has 2 saturated heterocycles. The van der Waals surface area contributed by atoms with E-state index in [9.17, 15) is 18.6 Å². The molecule has 1 atom stereocenters. The van der Waals surface area contributed by atoms with Gasteiger partial charge in [-0.1, -0.05) is 0 Å². The Labute approximate surface area is 186 Å². The summed E-state index contributed by atoms with van der Waals surface area (Å²) in [4.78, 5) is 37.1. The highest BCUT2D eigenvalue weighted by atomic mass is 32.2. The number of hydrogen-bond acceptors (Lipinski definition) is 5. The minimum Gasteiger partial charge on any atom is -0.478 e. The molecule has 168 valence electrons. The number of likely N-dealkylation sites (tertiary alicyclic amines) is 1. The van der Waals surface area contributed by atoms with Crippen LogP contribution in [0.1, 0.15) is 43.9 Å². The second kappa shape index (κ2) is 8.81. The van der Waals surface area contributed by atoms with Crippen LogP contribution < -0.4 is 0 Å². The molecule has 2 heterocycles. The third-order valence-corrected chi connectivity index (χ3v) is 7.42. The molecule has 9 nitrogen and oxygen atoms in total. The first-order valence-corrected chi connectivity index (χ1v) is 11.2. The number of carbonyl (C=O) groups is 3. The number of carbonyl (C=O) groups excluding carboxylic acids is 1. The summed E-state index contributed by atoms with van der Waals surface area (Å²) in [5.41, 5.74) is -0.0908. The Morgan fingerprint density at radius 2 is 1.31 bits per heavy atom. The third-order valence-electron chi connectivity index (χ3n) is 5.83. The van der Waals surface area contributed by atoms with Crippen molar-refractivity contribution in [2.45, 2.75) is 23.5 Å². The molecule has 1 unspecified atom stereocenters. The number of benzene rings is 2. The van der Waals surface area contributed by atoms with Crippen molar-refractivity contribution in [1.82, 2.24) is 9.21 Å². The molecule has 1 spiro atoms. The van der Waals surface area contributed by atoms with Crippen molar-refractivity contribution in [3.63, 3.8) is 0 Å². The highest BCUT2D eigenvalue weighted by molar-refractivity contribution is 7.82. The Bertz CT molecular complexity index is 1060. The molecular formula is C22H22N2O7S. The normalized spacial score (nSPS) is 19.1. The van der Waals surface area contributed by atoms with Crippen molar-refractivity contribution >= 4 is 28.8 Å². The number of aromatic carboxylic acids is 2. The van der Waals surface area contributed by atoms with Crippen molar-refractivity contribution in [2.24, 2.45) is 0 Å². The van der Waals surface area contributed by atoms with Crippen LogP contribution in [0.25, 0.3) is 0 Å². The van der Waals surface area contributed by atoms with E-state index in [0.717, 1.165) is 0 Å². The van der Waals surface area contributed by atoms with E-state index in [2.05, 4.69) is 0 Å². The van der Waals surface area contributed by atoms with Crippen LogP contribution in [0, 0.1) is 0 Å². The van der Waals surface area contributed by atoms with E-state index in [1.54, 1.807) is 21.3 Å². The number of carboxylic acid groups (broad SMARTS) is 2. The van der Waals surface area contributed by atoms with Crippen LogP contribution in [-0.4, -0.2) is 73.4 Å². The Kier molecular flexibility index (Phi) is 6.09. The maximum absolute atomic E-state index is 13.2. The lowest BCUT2D eigenvalue weighted by Crippen LogP contribution is -2.54. The first-order chi connectivity index (χ1) is 15.3. The van der Waals surface area contributed by atoms with Crippen molar-refractivity contribution in [3.05, 3.63) is 65.2 Å². The zero-order valence-corrected chi connectivity index (χ0v) is 17.9. The van der Waals surface area contributed by atoms with Gasteiger partial charge < -0.3 is 19.8 Å². The lowest BCUT2D eigenvalue weighted by molar-refractivity contribution is -0.0843. The molecule has 2 N–H and O–H groups in total. The zero-order valence-electron chi connectivity index (χ0n) is 17.1. The minimum absolute atomic E-state index is 0.119. The number of rotatable bonds is 5. The van der Waals surface area contributed by atoms with E-state index in [4.69, 9.17) is 14.9 Å². The largest absolute Gasteiger partial charge is 0.478 e. The molecule has 2 aromatic rings. The lowest BCUT2D eigenvalue weighted by atomic mass is 9.99. The van der Waals surface area contributed by atoms with Gasteiger partial charge in [0.2, 0.25) is 0 Å². The van der Waals surface area contributed by atoms with Gasteiger partial charge in [0.25, 0.3) is 5.91 Å². The van der Waals surface area contributed by atoms with Gasteiger partial charge in [-0.2, -0.15) is 4.31 Å². The van der Waals surface area contributed by atoms with Crippen LogP contribution in [0.15, 0.2) is 53.4 Å². The van der Waals surface area contributed by atoms with Crippen LogP contribution in [0.5, 0.6) is 0 Å². The average Bonchev–Trinajstić information content (AvgIpc) is 3.21. The van der Waals surface area contributed by atoms with Gasteiger partial charge in [0, 0.05) is 38.0 Å². The molecule has 32 heavy (non-hydrogen) atoms. The Hall–Kier alpha value is -3.08. The van der Waals surface area contributed by atoms with E-state index in [-0.39, 0.29) is 17.0 Å². The quantitative estimate of drug-likeness (QED) is 0.703. The fourth-order valence-corrected chi connectivity index (χ4v) is 5.46. The summed E-state index contributed by atoms with van der Waals surface area (Å²) in [7, 11) is -1.53. The Morgan fingerprint density at radius 1 is 0.812 bits per heavy atom. The average molecular weight is 458 g/mol. The van der Waals surface area contributed by atoms with Crippen molar-refractivity contribution in [2.75, 3.05) is 26.2 Å². The van der Waals surface area contributed by atoms with Gasteiger partial charge in [-0.05, 0) is 48.5 Å². The predicted octanol–water partition coefficient (Wildman–Crippen LogP) is 2.07. The summed E-state index contributed by atoms with van der Waals surface area (Å²) < 4.78 is 21.0. The van der Waals surface area contributed by atoms with Gasteiger partial charge in [0.1, 0.15) is 16.7 Å². The van der Waals surface area contributed by atoms with Gasteiger partial charge in [-0.3, -0.25) is 4.79 Å². The summed E-state index contributed by atoms with van der Waals surface area (Å²) in [6, 6.07) is 11.8. The van der Waals surface area contributed by atoms with Crippen LogP contribution in [0.4, 0.5) is 0 Å². The number of piperidine rings is 1. The fraction of sp³-hybridized carbons (Fsp3) is 0.318. The SMILES string of the molecule is O=C(O)c1ccc(C(=O)N2CCC3(CC2)OCCN3S(=O)c2ccc(C(=O)O)cc2)cc1. The van der Waals surface area contributed by atoms with Crippen molar-refractivity contribution in [3.8, 4) is 0 Å². The summed E-state index contributed by atoms with van der Waals surface area (Å²) in [6.07, 6.45) is 0.954. The molecule has 0 aliphatic carbocycles. The molecular weight excluding hydrogens is 436 g/mol. The van der Waals surface area contributed by atoms with Crippen molar-refractivity contribution < 1.29 is 33.5 Å². The lowest BCUT2D eigenvalue weighted by Gasteiger charge is -2.42. The summed E-state index contributed by atoms with van der Waals surface area (Å²) in [5.74, 6) is -2.28. The van der Waals surface area contributed by atoms with E-state index in [0.29, 0.717) is 49.5 Å². The van der Waals surface area contributed by atoms with E-state index < -0.39 is 28.6 Å². The Balaban J connectivity index is 1.44. The van der Waals surface area contributed by atoms with Gasteiger partial charge >= 0.3 is 11.9 Å². The van der Waals surface area contributed by atoms with Crippen LogP contribution in [0.3, 0.4) is 0 Å². The monoisotopic (exact) mass is 458 g/mol. The fourth-order valence-electron chi connectivity index (χ4n) is 4.06. The summed E-state index contributed by atoms with van der Waals surface area (Å²) >= 11 is 0. The second-order valence-electron chi connectivity index (χ2n) is 7.65. The molecule has 4 rings (SSSR count). The van der Waals surface area contributed by atoms with Crippen LogP contribution >= 0.6 is 0 Å². The first kappa shape index (κ1) is 22.1. The van der Waals surface area contributed by atoms with Gasteiger partial charge in [0.05, 0.1) is 22.6 Å². The maximum Gasteiger partial charge on any atom is 0.335 e. The number of ether oxygens (including phenoxy) is 1. The van der Waals surface area contributed by atoms with Crippen molar-refractivity contribution in [1.29, 1.82) is 0 Å². The standard InChI is InChI=1S/C22H22N2O7S/c25-19(15-1-3-16(4-2-15)20(26)27)23-11-9-22(10-12-23)24(13-14-31-22)32(30)18-7-5-17(6-8-18)21(28)29/h1-8H,9-14H2,(H,26,27)(H,28,29). The minimum atomic E-state index is -1.53. The number of nitrogens with zero attached hydrogens (tertiary/aromatic N) is 2. The number of carboxylic acids is 2. The van der Waals surface area contributed by atoms with E-state index >= 15 is 0 Å². The van der Waals surface area contributed by atoms with Crippen LogP contribution in [-0.2, 0) is 15.7 Å². The van der Waals surface area contributed by atoms with Gasteiger partial charge in [-0.25, -0.2) is 13.8 Å². The van der Waals surface area contributed by atoms with E-state index in [1.807, 2.05) is 0 Å². The van der Waals surface area contributed by atoms with Crippen LogP contribution in [0.2, 0.25) is 0 Å². The number of hydrogen-bond donors (Lipinski definition) is 2. The number of amides is 1. The first-order valence-electron chi connectivity index (χ1n) is 10.1. The molecule has 2 aromatic carbocycles. The van der Waals surface area contributed by atoms with Gasteiger partial charge in [-0.15, -0.1) is 0 Å². The second-order valence-corrected chi connectivity index (χ2v) is 9.06. The zero-order chi connectivity index (χ0) is 22.9. The van der Waals surface area contributed by atoms with Gasteiger partial charge in [0.15, 0.2) is 0 Å². The Morgan fingerprint density at radius 3 is 1.84 bits per heavy atom. The third kappa shape index (κ3) is 4.16. The predicted molar refractivity (Wildman–Crippen MR) is 114 cm³/mol. The molecule has 0 bridgehead atoms. The highest BCUT2D eigenvalue weighted by Crippen LogP contribution is 2.37. The molecule has 0 saturated carbocycles. The topological polar surface area (TPSA) is 124 Å². The molecule has 2 aliphatic heterocycles. The molecule has 1 amide bonds. The molecule has 0 radical (unpaired) electrons.